The molecular formula is C38H56FN7O14. The maximum absolute atomic E-state index is 14.7. The van der Waals surface area contributed by atoms with Gasteiger partial charge in [0.2, 0.25) is 17.7 Å². The summed E-state index contributed by atoms with van der Waals surface area (Å²) in [6.07, 6.45) is -7.06. The van der Waals surface area contributed by atoms with E-state index >= 15 is 0 Å². The number of imide groups is 1. The Kier molecular flexibility index (Phi) is 18.8. The van der Waals surface area contributed by atoms with Gasteiger partial charge < -0.3 is 67.3 Å². The number of hydrogen-bond donors (Lipinski definition) is 11. The van der Waals surface area contributed by atoms with Gasteiger partial charge in [-0.15, -0.1) is 0 Å². The highest BCUT2D eigenvalue weighted by Gasteiger charge is 2.55. The Morgan fingerprint density at radius 3 is 2.23 bits per heavy atom. The van der Waals surface area contributed by atoms with Gasteiger partial charge in [0.05, 0.1) is 12.6 Å². The summed E-state index contributed by atoms with van der Waals surface area (Å²) in [7, 11) is 0. The van der Waals surface area contributed by atoms with Gasteiger partial charge in [-0.1, -0.05) is 32.4 Å². The molecule has 9 atom stereocenters. The van der Waals surface area contributed by atoms with Crippen molar-refractivity contribution in [2.45, 2.75) is 120 Å². The molecule has 0 saturated carbocycles. The highest BCUT2D eigenvalue weighted by atomic mass is 19.1. The lowest BCUT2D eigenvalue weighted by Crippen LogP contribution is -2.70. The van der Waals surface area contributed by atoms with E-state index in [9.17, 15) is 63.5 Å². The number of alkyl carbamates (subject to hydrolysis) is 1. The van der Waals surface area contributed by atoms with Crippen molar-refractivity contribution in [3.8, 4) is 0 Å². The summed E-state index contributed by atoms with van der Waals surface area (Å²) >= 11 is 0. The van der Waals surface area contributed by atoms with Crippen LogP contribution in [0.15, 0.2) is 36.4 Å². The molecule has 0 spiro atoms. The zero-order chi connectivity index (χ0) is 44.7. The first-order valence-corrected chi connectivity index (χ1v) is 19.4. The normalized spacial score (nSPS) is 23.3. The maximum Gasteiger partial charge on any atom is 0.407 e. The number of unbranched alkanes of at least 4 members (excludes halogenated alkanes) is 2. The Balaban J connectivity index is 1.57. The number of anilines is 1. The second kappa shape index (κ2) is 22.9. The maximum atomic E-state index is 14.7. The number of amides is 8. The summed E-state index contributed by atoms with van der Waals surface area (Å²) < 4.78 is 25.0. The van der Waals surface area contributed by atoms with Crippen LogP contribution in [0.4, 0.5) is 19.7 Å². The predicted molar refractivity (Wildman–Crippen MR) is 208 cm³/mol. The number of nitrogens with one attached hydrogen (secondary N) is 5. The molecule has 8 amide bonds. The highest BCUT2D eigenvalue weighted by Crippen LogP contribution is 2.32. The number of aliphatic hydroxyl groups is 5. The molecule has 1 fully saturated rings. The van der Waals surface area contributed by atoms with E-state index in [-0.39, 0.29) is 62.4 Å². The molecule has 1 aromatic rings. The van der Waals surface area contributed by atoms with Crippen LogP contribution in [0.25, 0.3) is 0 Å². The van der Waals surface area contributed by atoms with Gasteiger partial charge in [-0.3, -0.25) is 28.9 Å². The Morgan fingerprint density at radius 1 is 0.983 bits per heavy atom. The van der Waals surface area contributed by atoms with Crippen molar-refractivity contribution in [3.63, 3.8) is 0 Å². The van der Waals surface area contributed by atoms with Crippen LogP contribution in [0.3, 0.4) is 0 Å². The largest absolute Gasteiger partial charge is 0.445 e. The fraction of sp³-hybridized carbons (Fsp3) is 0.605. The molecule has 0 bridgehead atoms. The van der Waals surface area contributed by atoms with Crippen molar-refractivity contribution in [2.24, 2.45) is 11.7 Å². The minimum Gasteiger partial charge on any atom is -0.445 e. The van der Waals surface area contributed by atoms with E-state index in [0.717, 1.165) is 11.8 Å². The number of benzene rings is 1. The van der Waals surface area contributed by atoms with Crippen LogP contribution in [0.2, 0.25) is 0 Å². The van der Waals surface area contributed by atoms with E-state index in [4.69, 9.17) is 15.2 Å². The molecular weight excluding hydrogens is 797 g/mol. The Hall–Kier alpha value is -5.26. The number of nitrogens with two attached hydrogens (primary N) is 1. The van der Waals surface area contributed by atoms with Crippen molar-refractivity contribution < 1.29 is 73.0 Å². The smallest absolute Gasteiger partial charge is 0.407 e. The van der Waals surface area contributed by atoms with E-state index in [0.29, 0.717) is 24.8 Å². The number of nitrogens with zero attached hydrogens (tertiary/aromatic N) is 1. The third-order valence-corrected chi connectivity index (χ3v) is 9.76. The lowest BCUT2D eigenvalue weighted by molar-refractivity contribution is -0.321. The summed E-state index contributed by atoms with van der Waals surface area (Å²) in [6.45, 7) is 3.31. The van der Waals surface area contributed by atoms with E-state index in [1.54, 1.807) is 13.8 Å². The number of carbonyl (C=O) groups is 7. The first-order chi connectivity index (χ1) is 28.2. The van der Waals surface area contributed by atoms with Crippen LogP contribution < -0.4 is 32.3 Å². The van der Waals surface area contributed by atoms with Crippen LogP contribution >= 0.6 is 0 Å². The number of carbonyl (C=O) groups excluding carboxylic acids is 7. The number of primary amides is 1. The number of halogens is 1. The van der Waals surface area contributed by atoms with Crippen LogP contribution in [-0.4, -0.2) is 146 Å². The summed E-state index contributed by atoms with van der Waals surface area (Å²) in [4.78, 5) is 88.1. The molecule has 60 heavy (non-hydrogen) atoms. The van der Waals surface area contributed by atoms with Crippen LogP contribution in [0.5, 0.6) is 0 Å². The van der Waals surface area contributed by atoms with Crippen molar-refractivity contribution in [1.29, 1.82) is 0 Å². The number of urea groups is 1. The monoisotopic (exact) mass is 853 g/mol. The molecule has 0 radical (unpaired) electrons. The van der Waals surface area contributed by atoms with Gasteiger partial charge in [0.1, 0.15) is 43.1 Å². The van der Waals surface area contributed by atoms with Crippen LogP contribution in [-0.2, 0) is 40.1 Å². The van der Waals surface area contributed by atoms with Gasteiger partial charge in [0, 0.05) is 37.3 Å². The average molecular weight is 854 g/mol. The third kappa shape index (κ3) is 14.5. The molecule has 1 aromatic carbocycles. The topological polar surface area (TPSA) is 329 Å². The van der Waals surface area contributed by atoms with Gasteiger partial charge in [-0.25, -0.2) is 14.0 Å². The van der Waals surface area contributed by atoms with Gasteiger partial charge in [0.25, 0.3) is 11.8 Å². The number of rotatable bonds is 22. The molecule has 0 aromatic heterocycles. The zero-order valence-electron chi connectivity index (χ0n) is 33.5. The molecule has 21 nitrogen and oxygen atoms in total. The lowest BCUT2D eigenvalue weighted by Gasteiger charge is -2.46. The fourth-order valence-corrected chi connectivity index (χ4v) is 6.34. The van der Waals surface area contributed by atoms with Gasteiger partial charge in [0.15, 0.2) is 12.0 Å². The van der Waals surface area contributed by atoms with E-state index in [1.807, 2.05) is 0 Å². The van der Waals surface area contributed by atoms with Crippen LogP contribution in [0.1, 0.15) is 64.9 Å². The molecule has 3 unspecified atom stereocenters. The number of hydrogen-bond acceptors (Lipinski definition) is 14. The molecule has 22 heteroatoms. The summed E-state index contributed by atoms with van der Waals surface area (Å²) in [5.74, 6) is -5.42. The summed E-state index contributed by atoms with van der Waals surface area (Å²) in [5, 5.41) is 62.8. The van der Waals surface area contributed by atoms with Crippen molar-refractivity contribution >= 4 is 47.3 Å². The van der Waals surface area contributed by atoms with E-state index in [1.165, 1.54) is 36.4 Å². The highest BCUT2D eigenvalue weighted by molar-refractivity contribution is 6.12. The molecule has 2 heterocycles. The van der Waals surface area contributed by atoms with Crippen molar-refractivity contribution in [2.75, 3.05) is 25.0 Å². The minimum atomic E-state index is -2.61. The Labute approximate surface area is 345 Å². The number of alkyl halides is 1. The standard InChI is InChI=1S/C38H56FN7O14/c1-20(2)28(44-25(49)9-5-4-6-17-46-26(50)14-15-27(46)51)35(55)43-23(8-7-16-41-36(40)56)34(54)42-22-12-10-21(11-13-22)19-59-37(57)45-29-31(53)33(39)38(3,58)60-32(29)30(52)24(48)18-47/h10-15,20,23-24,28-33,47-48,52-53,58H,4-9,16-19H2,1-3H3,(H,42,54)(H,43,55)(H,44,49)(H,45,57)(H3,40,41,56)/t23?,24-,28?,29-,30-,31-,32-,33-,38?/m1/s1. The van der Waals surface area contributed by atoms with Gasteiger partial charge in [-0.05, 0) is 56.2 Å². The molecule has 3 rings (SSSR count). The predicted octanol–water partition coefficient (Wildman–Crippen LogP) is -1.70. The first-order valence-electron chi connectivity index (χ1n) is 19.4. The molecule has 0 aliphatic carbocycles. The van der Waals surface area contributed by atoms with Gasteiger partial charge in [-0.2, -0.15) is 0 Å². The van der Waals surface area contributed by atoms with Gasteiger partial charge >= 0.3 is 12.1 Å². The quantitative estimate of drug-likeness (QED) is 0.0458. The average Bonchev–Trinajstić information content (AvgIpc) is 3.52. The third-order valence-electron chi connectivity index (χ3n) is 9.76. The molecule has 2 aliphatic rings. The molecule has 12 N–H and O–H groups in total. The summed E-state index contributed by atoms with van der Waals surface area (Å²) in [6, 6.07) is 1.26. The lowest BCUT2D eigenvalue weighted by atomic mass is 9.88. The Morgan fingerprint density at radius 2 is 1.63 bits per heavy atom. The fourth-order valence-electron chi connectivity index (χ4n) is 6.34. The second-order valence-corrected chi connectivity index (χ2v) is 15.0. The molecule has 334 valence electrons. The molecule has 2 aliphatic heterocycles. The summed E-state index contributed by atoms with van der Waals surface area (Å²) in [5.41, 5.74) is 5.81. The first kappa shape index (κ1) is 49.1. The SMILES string of the molecule is CC(C)C(NC(=O)CCCCCN1C(=O)C=CC1=O)C(=O)NC(CCCNC(N)=O)C(=O)Nc1ccc(COC(=O)N[C@@H]2[C@@H](O)[C@@H](F)C(C)(O)O[C@H]2[C@H](O)[C@H](O)CO)cc1. The Bertz CT molecular complexity index is 1680. The van der Waals surface area contributed by atoms with Crippen molar-refractivity contribution in [3.05, 3.63) is 42.0 Å². The van der Waals surface area contributed by atoms with E-state index < -0.39 is 91.0 Å². The second-order valence-electron chi connectivity index (χ2n) is 15.0. The van der Waals surface area contributed by atoms with Crippen LogP contribution in [0, 0.1) is 5.92 Å². The zero-order valence-corrected chi connectivity index (χ0v) is 33.5. The number of ether oxygens (including phenoxy) is 2. The van der Waals surface area contributed by atoms with E-state index in [2.05, 4.69) is 26.6 Å². The minimum absolute atomic E-state index is 0.0630. The number of aliphatic hydroxyl groups excluding tert-OH is 4. The molecule has 1 saturated heterocycles. The van der Waals surface area contributed by atoms with Crippen molar-refractivity contribution in [1.82, 2.24) is 26.2 Å².